The number of carbonyl (C=O) groups excluding carboxylic acids is 1. The van der Waals surface area contributed by atoms with Crippen LogP contribution in [0.1, 0.15) is 17.2 Å². The quantitative estimate of drug-likeness (QED) is 0.910. The molecule has 0 fully saturated rings. The fraction of sp³-hybridized carbons (Fsp3) is 0.143. The van der Waals surface area contributed by atoms with Crippen LogP contribution in [-0.4, -0.2) is 10.9 Å². The summed E-state index contributed by atoms with van der Waals surface area (Å²) in [6, 6.07) is 4.23. The van der Waals surface area contributed by atoms with Crippen LogP contribution in [0.5, 0.6) is 0 Å². The van der Waals surface area contributed by atoms with Crippen LogP contribution in [-0.2, 0) is 11.3 Å². The van der Waals surface area contributed by atoms with Gasteiger partial charge in [0.2, 0.25) is 5.91 Å². The summed E-state index contributed by atoms with van der Waals surface area (Å²) in [6.45, 7) is 0.199. The second-order valence-electron chi connectivity index (χ2n) is 4.58. The van der Waals surface area contributed by atoms with Crippen molar-refractivity contribution in [3.05, 3.63) is 59.4 Å². The number of fused-ring (bicyclic) bond motifs is 1. The summed E-state index contributed by atoms with van der Waals surface area (Å²) in [4.78, 5) is 17.3. The number of hydrogen-bond donors (Lipinski definition) is 1. The molecule has 0 radical (unpaired) electrons. The van der Waals surface area contributed by atoms with Crippen molar-refractivity contribution in [2.75, 3.05) is 4.90 Å². The highest BCUT2D eigenvalue weighted by atomic mass is 19.1. The third-order valence-corrected chi connectivity index (χ3v) is 3.30. The van der Waals surface area contributed by atoms with Gasteiger partial charge in [-0.1, -0.05) is 0 Å². The van der Waals surface area contributed by atoms with Crippen LogP contribution < -0.4 is 10.6 Å². The Hall–Kier alpha value is -2.34. The highest BCUT2D eigenvalue weighted by Crippen LogP contribution is 2.37. The van der Waals surface area contributed by atoms with Crippen molar-refractivity contribution >= 4 is 11.6 Å². The molecular weight excluding hydrogens is 264 g/mol. The Morgan fingerprint density at radius 1 is 1.25 bits per heavy atom. The Balaban J connectivity index is 2.04. The van der Waals surface area contributed by atoms with Gasteiger partial charge in [-0.05, 0) is 23.8 Å². The van der Waals surface area contributed by atoms with Gasteiger partial charge in [-0.25, -0.2) is 8.78 Å². The zero-order chi connectivity index (χ0) is 14.3. The lowest BCUT2D eigenvalue weighted by atomic mass is 10.1. The lowest BCUT2D eigenvalue weighted by Crippen LogP contribution is -2.31. The SMILES string of the molecule is NC1C(=O)N(Cc2ccncc2)c2cc(F)cc(F)c21. The Morgan fingerprint density at radius 3 is 2.65 bits per heavy atom. The van der Waals surface area contributed by atoms with Crippen LogP contribution in [0.25, 0.3) is 0 Å². The molecule has 2 heterocycles. The summed E-state index contributed by atoms with van der Waals surface area (Å²) in [5.41, 5.74) is 6.76. The van der Waals surface area contributed by atoms with E-state index >= 15 is 0 Å². The minimum atomic E-state index is -1.09. The van der Waals surface area contributed by atoms with Crippen molar-refractivity contribution < 1.29 is 13.6 Å². The Labute approximate surface area is 113 Å². The lowest BCUT2D eigenvalue weighted by molar-refractivity contribution is -0.119. The van der Waals surface area contributed by atoms with Crippen molar-refractivity contribution in [3.8, 4) is 0 Å². The summed E-state index contributed by atoms with van der Waals surface area (Å²) < 4.78 is 27.1. The Morgan fingerprint density at radius 2 is 1.95 bits per heavy atom. The number of benzene rings is 1. The zero-order valence-electron chi connectivity index (χ0n) is 10.4. The number of nitrogens with zero attached hydrogens (tertiary/aromatic N) is 2. The number of carbonyl (C=O) groups is 1. The topological polar surface area (TPSA) is 59.2 Å². The van der Waals surface area contributed by atoms with Crippen LogP contribution in [0.15, 0.2) is 36.7 Å². The van der Waals surface area contributed by atoms with Gasteiger partial charge in [0.25, 0.3) is 0 Å². The second kappa shape index (κ2) is 4.64. The second-order valence-corrected chi connectivity index (χ2v) is 4.58. The van der Waals surface area contributed by atoms with Crippen LogP contribution in [0.4, 0.5) is 14.5 Å². The molecule has 1 unspecified atom stereocenters. The molecular formula is C14H11F2N3O. The van der Waals surface area contributed by atoms with Gasteiger partial charge in [0.05, 0.1) is 12.2 Å². The monoisotopic (exact) mass is 275 g/mol. The van der Waals surface area contributed by atoms with Gasteiger partial charge in [-0.15, -0.1) is 0 Å². The fourth-order valence-corrected chi connectivity index (χ4v) is 2.35. The molecule has 2 aromatic rings. The minimum Gasteiger partial charge on any atom is -0.316 e. The molecule has 3 rings (SSSR count). The first kappa shape index (κ1) is 12.7. The summed E-state index contributed by atoms with van der Waals surface area (Å²) in [6.07, 6.45) is 3.17. The van der Waals surface area contributed by atoms with E-state index in [1.54, 1.807) is 24.5 Å². The van der Waals surface area contributed by atoms with Crippen LogP contribution in [0, 0.1) is 11.6 Å². The summed E-state index contributed by atoms with van der Waals surface area (Å²) in [5.74, 6) is -1.97. The van der Waals surface area contributed by atoms with Gasteiger partial charge in [-0.3, -0.25) is 9.78 Å². The maximum atomic E-state index is 13.8. The Kier molecular flexibility index (Phi) is 2.94. The third kappa shape index (κ3) is 1.94. The van der Waals surface area contributed by atoms with E-state index < -0.39 is 23.6 Å². The Bertz CT molecular complexity index is 676. The molecule has 6 heteroatoms. The van der Waals surface area contributed by atoms with E-state index in [4.69, 9.17) is 5.73 Å². The maximum Gasteiger partial charge on any atom is 0.249 e. The van der Waals surface area contributed by atoms with E-state index in [9.17, 15) is 13.6 Å². The number of rotatable bonds is 2. The molecule has 2 N–H and O–H groups in total. The third-order valence-electron chi connectivity index (χ3n) is 3.30. The number of amides is 1. The van der Waals surface area contributed by atoms with Gasteiger partial charge < -0.3 is 10.6 Å². The molecule has 1 aliphatic heterocycles. The van der Waals surface area contributed by atoms with E-state index in [1.165, 1.54) is 4.90 Å². The number of hydrogen-bond acceptors (Lipinski definition) is 3. The van der Waals surface area contributed by atoms with Crippen molar-refractivity contribution in [1.29, 1.82) is 0 Å². The molecule has 1 aromatic heterocycles. The maximum absolute atomic E-state index is 13.8. The zero-order valence-corrected chi connectivity index (χ0v) is 10.4. The van der Waals surface area contributed by atoms with E-state index in [0.717, 1.165) is 17.7 Å². The van der Waals surface area contributed by atoms with Gasteiger partial charge in [0.15, 0.2) is 0 Å². The normalized spacial score (nSPS) is 17.4. The minimum absolute atomic E-state index is 0.0467. The predicted molar refractivity (Wildman–Crippen MR) is 68.7 cm³/mol. The van der Waals surface area contributed by atoms with E-state index in [-0.39, 0.29) is 17.8 Å². The molecule has 1 aliphatic rings. The molecule has 1 atom stereocenters. The molecule has 1 amide bonds. The number of aromatic nitrogens is 1. The van der Waals surface area contributed by atoms with Crippen LogP contribution in [0.3, 0.4) is 0 Å². The van der Waals surface area contributed by atoms with Gasteiger partial charge >= 0.3 is 0 Å². The average molecular weight is 275 g/mol. The van der Waals surface area contributed by atoms with Crippen molar-refractivity contribution in [3.63, 3.8) is 0 Å². The first-order chi connectivity index (χ1) is 9.58. The van der Waals surface area contributed by atoms with Crippen LogP contribution >= 0.6 is 0 Å². The van der Waals surface area contributed by atoms with Gasteiger partial charge in [-0.2, -0.15) is 0 Å². The summed E-state index contributed by atoms with van der Waals surface area (Å²) in [5, 5.41) is 0. The molecule has 20 heavy (non-hydrogen) atoms. The fourth-order valence-electron chi connectivity index (χ4n) is 2.35. The number of halogens is 2. The first-order valence-corrected chi connectivity index (χ1v) is 6.02. The first-order valence-electron chi connectivity index (χ1n) is 6.02. The molecule has 0 bridgehead atoms. The largest absolute Gasteiger partial charge is 0.316 e. The van der Waals surface area contributed by atoms with Crippen LogP contribution in [0.2, 0.25) is 0 Å². The molecule has 0 aliphatic carbocycles. The number of nitrogens with two attached hydrogens (primary N) is 1. The van der Waals surface area contributed by atoms with E-state index in [2.05, 4.69) is 4.98 Å². The predicted octanol–water partition coefficient (Wildman–Crippen LogP) is 1.91. The van der Waals surface area contributed by atoms with Gasteiger partial charge in [0.1, 0.15) is 17.7 Å². The highest BCUT2D eigenvalue weighted by molar-refractivity contribution is 6.04. The van der Waals surface area contributed by atoms with Crippen molar-refractivity contribution in [1.82, 2.24) is 4.98 Å². The average Bonchev–Trinajstić information content (AvgIpc) is 2.65. The molecule has 1 aromatic carbocycles. The van der Waals surface area contributed by atoms with E-state index in [1.807, 2.05) is 0 Å². The molecule has 102 valence electrons. The molecule has 0 saturated carbocycles. The highest BCUT2D eigenvalue weighted by Gasteiger charge is 2.37. The summed E-state index contributed by atoms with van der Waals surface area (Å²) >= 11 is 0. The smallest absolute Gasteiger partial charge is 0.249 e. The number of anilines is 1. The van der Waals surface area contributed by atoms with Crippen molar-refractivity contribution in [2.45, 2.75) is 12.6 Å². The number of pyridine rings is 1. The standard InChI is InChI=1S/C14H11F2N3O/c15-9-5-10(16)12-11(6-9)19(14(20)13(12)17)7-8-1-3-18-4-2-8/h1-6,13H,7,17H2. The van der Waals surface area contributed by atoms with Crippen molar-refractivity contribution in [2.24, 2.45) is 5.73 Å². The van der Waals surface area contributed by atoms with Gasteiger partial charge in [0, 0.05) is 24.0 Å². The summed E-state index contributed by atoms with van der Waals surface area (Å²) in [7, 11) is 0. The lowest BCUT2D eigenvalue weighted by Gasteiger charge is -2.17. The molecule has 0 spiro atoms. The molecule has 0 saturated heterocycles. The van der Waals surface area contributed by atoms with E-state index in [0.29, 0.717) is 0 Å². The molecule has 4 nitrogen and oxygen atoms in total.